The van der Waals surface area contributed by atoms with E-state index in [1.807, 2.05) is 6.07 Å². The summed E-state index contributed by atoms with van der Waals surface area (Å²) in [4.78, 5) is 16.2. The first-order valence-electron chi connectivity index (χ1n) is 11.0. The summed E-state index contributed by atoms with van der Waals surface area (Å²) in [6.07, 6.45) is 9.15. The number of benzene rings is 1. The lowest BCUT2D eigenvalue weighted by molar-refractivity contribution is -0.437. The molecule has 0 spiro atoms. The molecule has 162 valence electrons. The summed E-state index contributed by atoms with van der Waals surface area (Å²) in [6, 6.07) is 8.39. The molecule has 0 radical (unpaired) electrons. The molecule has 1 fully saturated rings. The van der Waals surface area contributed by atoms with Crippen LogP contribution >= 0.6 is 0 Å². The first kappa shape index (κ1) is 20.8. The van der Waals surface area contributed by atoms with Gasteiger partial charge >= 0.3 is 5.70 Å². The van der Waals surface area contributed by atoms with E-state index in [0.717, 1.165) is 44.9 Å². The van der Waals surface area contributed by atoms with E-state index in [0.29, 0.717) is 30.8 Å². The number of rotatable bonds is 5. The largest absolute Gasteiger partial charge is 0.330 e. The van der Waals surface area contributed by atoms with Gasteiger partial charge in [-0.25, -0.2) is 4.99 Å². The number of guanidine groups is 1. The van der Waals surface area contributed by atoms with Crippen LogP contribution in [0.1, 0.15) is 62.1 Å². The molecule has 1 heterocycles. The van der Waals surface area contributed by atoms with Crippen LogP contribution in [0, 0.1) is 22.0 Å². The number of nitro groups is 1. The molecule has 6 N–H and O–H groups in total. The number of nitrogens with zero attached hydrogens (tertiary/aromatic N) is 2. The van der Waals surface area contributed by atoms with Crippen LogP contribution in [0.4, 0.5) is 0 Å². The second-order valence-corrected chi connectivity index (χ2v) is 8.94. The molecule has 8 heteroatoms. The van der Waals surface area contributed by atoms with Gasteiger partial charge in [0.1, 0.15) is 0 Å². The van der Waals surface area contributed by atoms with Gasteiger partial charge in [-0.3, -0.25) is 15.8 Å². The van der Waals surface area contributed by atoms with Crippen molar-refractivity contribution in [3.63, 3.8) is 0 Å². The Balaban J connectivity index is 1.54. The summed E-state index contributed by atoms with van der Waals surface area (Å²) < 4.78 is 0. The minimum atomic E-state index is -1.23. The first-order chi connectivity index (χ1) is 14.5. The molecule has 2 atom stereocenters. The third-order valence-electron chi connectivity index (χ3n) is 6.87. The molecule has 30 heavy (non-hydrogen) atoms. The quantitative estimate of drug-likeness (QED) is 0.434. The van der Waals surface area contributed by atoms with Crippen LogP contribution in [0.3, 0.4) is 0 Å². The van der Waals surface area contributed by atoms with Gasteiger partial charge in [0.25, 0.3) is 0 Å². The zero-order chi connectivity index (χ0) is 21.1. The summed E-state index contributed by atoms with van der Waals surface area (Å²) in [7, 11) is 0. The van der Waals surface area contributed by atoms with Crippen LogP contribution in [0.2, 0.25) is 0 Å². The van der Waals surface area contributed by atoms with Crippen LogP contribution in [0.25, 0.3) is 0 Å². The summed E-state index contributed by atoms with van der Waals surface area (Å²) in [6.45, 7) is 0.711. The smallest absolute Gasteiger partial charge is 0.301 e. The van der Waals surface area contributed by atoms with Crippen molar-refractivity contribution < 1.29 is 4.92 Å². The predicted molar refractivity (Wildman–Crippen MR) is 117 cm³/mol. The van der Waals surface area contributed by atoms with Gasteiger partial charge in [0.15, 0.2) is 11.6 Å². The van der Waals surface area contributed by atoms with Gasteiger partial charge in [-0.2, -0.15) is 0 Å². The third-order valence-corrected chi connectivity index (χ3v) is 6.87. The van der Waals surface area contributed by atoms with Crippen LogP contribution in [-0.2, 0) is 6.42 Å². The van der Waals surface area contributed by atoms with Crippen molar-refractivity contribution in [2.45, 2.75) is 63.1 Å². The van der Waals surface area contributed by atoms with Gasteiger partial charge < -0.3 is 16.4 Å². The van der Waals surface area contributed by atoms with E-state index in [9.17, 15) is 10.1 Å². The average Bonchev–Trinajstić information content (AvgIpc) is 2.74. The standard InChI is InChI=1S/C22H32N6O2/c23-13-16-10-8-15(9-11-16)12-22(24)20(28(29)30)14-25-21(27-22)26-19-7-3-5-17-4-1-2-6-18(17)19/h1-2,4,6,14-16,19H,3,5,7-13,23-24H2,(H2,25,26,27)/t15?,16?,19-,22?/m0/s1. The van der Waals surface area contributed by atoms with Gasteiger partial charge in [0, 0.05) is 0 Å². The summed E-state index contributed by atoms with van der Waals surface area (Å²) in [5, 5.41) is 17.9. The molecule has 0 saturated heterocycles. The Labute approximate surface area is 177 Å². The molecular formula is C22H32N6O2. The minimum Gasteiger partial charge on any atom is -0.330 e. The lowest BCUT2D eigenvalue weighted by Crippen LogP contribution is -2.64. The fraction of sp³-hybridized carbons (Fsp3) is 0.591. The number of aliphatic imine (C=N–C) groups is 1. The van der Waals surface area contributed by atoms with Gasteiger partial charge in [-0.05, 0) is 80.9 Å². The highest BCUT2D eigenvalue weighted by molar-refractivity contribution is 5.83. The van der Waals surface area contributed by atoms with Crippen LogP contribution < -0.4 is 22.1 Å². The van der Waals surface area contributed by atoms with Gasteiger partial charge in [0.05, 0.1) is 17.2 Å². The molecule has 2 aliphatic carbocycles. The Morgan fingerprint density at radius 2 is 1.90 bits per heavy atom. The van der Waals surface area contributed by atoms with E-state index in [2.05, 4.69) is 28.8 Å². The number of hydrogen-bond acceptors (Lipinski definition) is 5. The third kappa shape index (κ3) is 4.34. The van der Waals surface area contributed by atoms with E-state index in [1.54, 1.807) is 0 Å². The number of nitrogens with two attached hydrogens (primary N) is 2. The first-order valence-corrected chi connectivity index (χ1v) is 11.0. The zero-order valence-electron chi connectivity index (χ0n) is 17.3. The topological polar surface area (TPSA) is 132 Å². The molecule has 0 bridgehead atoms. The molecule has 1 unspecified atom stereocenters. The van der Waals surface area contributed by atoms with Crippen molar-refractivity contribution in [3.8, 4) is 0 Å². The lowest BCUT2D eigenvalue weighted by Gasteiger charge is -2.37. The normalized spacial score (nSPS) is 32.5. The van der Waals surface area contributed by atoms with Crippen molar-refractivity contribution in [1.82, 2.24) is 10.6 Å². The summed E-state index contributed by atoms with van der Waals surface area (Å²) in [5.74, 6) is 1.41. The number of fused-ring (bicyclic) bond motifs is 1. The highest BCUT2D eigenvalue weighted by atomic mass is 16.6. The maximum Gasteiger partial charge on any atom is 0.301 e. The summed E-state index contributed by atoms with van der Waals surface area (Å²) in [5.41, 5.74) is 13.7. The van der Waals surface area contributed by atoms with Gasteiger partial charge in [-0.15, -0.1) is 0 Å². The molecule has 1 aromatic rings. The molecule has 1 aromatic carbocycles. The second-order valence-electron chi connectivity index (χ2n) is 8.94. The fourth-order valence-corrected chi connectivity index (χ4v) is 5.16. The molecule has 1 saturated carbocycles. The Kier molecular flexibility index (Phi) is 6.06. The molecule has 1 aliphatic heterocycles. The van der Waals surface area contributed by atoms with Gasteiger partial charge in [0.2, 0.25) is 0 Å². The van der Waals surface area contributed by atoms with Crippen LogP contribution in [-0.4, -0.2) is 23.1 Å². The fourth-order valence-electron chi connectivity index (χ4n) is 5.16. The van der Waals surface area contributed by atoms with Crippen LogP contribution in [0.5, 0.6) is 0 Å². The Morgan fingerprint density at radius 1 is 1.17 bits per heavy atom. The number of aryl methyl sites for hydroxylation is 1. The maximum atomic E-state index is 11.7. The second kappa shape index (κ2) is 8.73. The van der Waals surface area contributed by atoms with Crippen molar-refractivity contribution in [2.75, 3.05) is 6.54 Å². The highest BCUT2D eigenvalue weighted by Crippen LogP contribution is 2.36. The monoisotopic (exact) mass is 412 g/mol. The van der Waals surface area contributed by atoms with E-state index < -0.39 is 10.6 Å². The molecular weight excluding hydrogens is 380 g/mol. The van der Waals surface area contributed by atoms with Crippen molar-refractivity contribution in [2.24, 2.45) is 28.3 Å². The molecule has 0 amide bonds. The maximum absolute atomic E-state index is 11.7. The minimum absolute atomic E-state index is 0.0275. The van der Waals surface area contributed by atoms with Gasteiger partial charge in [-0.1, -0.05) is 24.3 Å². The van der Waals surface area contributed by atoms with E-state index in [-0.39, 0.29) is 11.7 Å². The molecule has 0 aromatic heterocycles. The number of hydrogen-bond donors (Lipinski definition) is 4. The average molecular weight is 413 g/mol. The van der Waals surface area contributed by atoms with Crippen LogP contribution in [0.15, 0.2) is 41.2 Å². The highest BCUT2D eigenvalue weighted by Gasteiger charge is 2.44. The zero-order valence-corrected chi connectivity index (χ0v) is 17.3. The van der Waals surface area contributed by atoms with Crippen molar-refractivity contribution in [1.29, 1.82) is 0 Å². The van der Waals surface area contributed by atoms with Crippen molar-refractivity contribution >= 4 is 5.96 Å². The molecule has 3 aliphatic rings. The molecule has 8 nitrogen and oxygen atoms in total. The number of nitrogens with one attached hydrogen (secondary N) is 2. The molecule has 4 rings (SSSR count). The predicted octanol–water partition coefficient (Wildman–Crippen LogP) is 2.54. The summed E-state index contributed by atoms with van der Waals surface area (Å²) >= 11 is 0. The van der Waals surface area contributed by atoms with E-state index in [1.165, 1.54) is 17.3 Å². The Bertz CT molecular complexity index is 846. The van der Waals surface area contributed by atoms with E-state index >= 15 is 0 Å². The van der Waals surface area contributed by atoms with E-state index in [4.69, 9.17) is 16.5 Å². The van der Waals surface area contributed by atoms with Crippen molar-refractivity contribution in [3.05, 3.63) is 57.4 Å². The lowest BCUT2D eigenvalue weighted by atomic mass is 9.77. The Hall–Kier alpha value is -2.45. The SMILES string of the molecule is NCC1CCC(CC2(N)NC(=N[C@H]3CCCc4ccccc43)NC=C2[N+](=O)[O-])CC1. The Morgan fingerprint density at radius 3 is 2.63 bits per heavy atom.